The number of carbonyl (C=O) groups excluding carboxylic acids is 1. The Kier molecular flexibility index (Phi) is 6.62. The van der Waals surface area contributed by atoms with Gasteiger partial charge in [0.15, 0.2) is 0 Å². The molecule has 0 amide bonds. The van der Waals surface area contributed by atoms with Gasteiger partial charge in [0.05, 0.1) is 12.9 Å². The van der Waals surface area contributed by atoms with Gasteiger partial charge in [0.1, 0.15) is 16.7 Å². The van der Waals surface area contributed by atoms with Crippen LogP contribution in [0.25, 0.3) is 0 Å². The van der Waals surface area contributed by atoms with E-state index < -0.39 is 0 Å². The average molecular weight is 283 g/mol. The van der Waals surface area contributed by atoms with Crippen molar-refractivity contribution in [2.75, 3.05) is 24.7 Å². The SMILES string of the molecule is CCCNc1cc(SCC(=O)OC)nc(C(C)C)n1. The largest absolute Gasteiger partial charge is 0.468 e. The molecule has 1 aromatic heterocycles. The lowest BCUT2D eigenvalue weighted by Crippen LogP contribution is -2.08. The maximum absolute atomic E-state index is 11.2. The Hall–Kier alpha value is -1.30. The summed E-state index contributed by atoms with van der Waals surface area (Å²) in [5.41, 5.74) is 0. The molecule has 1 heterocycles. The number of nitrogens with zero attached hydrogens (tertiary/aromatic N) is 2. The minimum Gasteiger partial charge on any atom is -0.468 e. The normalized spacial score (nSPS) is 10.6. The topological polar surface area (TPSA) is 64.1 Å². The van der Waals surface area contributed by atoms with Crippen LogP contribution in [0, 0.1) is 0 Å². The molecule has 0 fully saturated rings. The zero-order valence-electron chi connectivity index (χ0n) is 11.9. The quantitative estimate of drug-likeness (QED) is 0.471. The molecule has 0 aliphatic rings. The Labute approximate surface area is 118 Å². The lowest BCUT2D eigenvalue weighted by Gasteiger charge is -2.10. The molecule has 0 saturated heterocycles. The second-order valence-electron chi connectivity index (χ2n) is 4.40. The maximum Gasteiger partial charge on any atom is 0.316 e. The number of rotatable bonds is 7. The highest BCUT2D eigenvalue weighted by Gasteiger charge is 2.10. The van der Waals surface area contributed by atoms with Crippen molar-refractivity contribution in [3.63, 3.8) is 0 Å². The summed E-state index contributed by atoms with van der Waals surface area (Å²) in [6.45, 7) is 7.07. The van der Waals surface area contributed by atoms with Gasteiger partial charge >= 0.3 is 5.97 Å². The van der Waals surface area contributed by atoms with E-state index in [4.69, 9.17) is 0 Å². The highest BCUT2D eigenvalue weighted by Crippen LogP contribution is 2.21. The van der Waals surface area contributed by atoms with Crippen molar-refractivity contribution in [3.05, 3.63) is 11.9 Å². The Bertz CT molecular complexity index is 424. The van der Waals surface area contributed by atoms with E-state index in [1.54, 1.807) is 0 Å². The van der Waals surface area contributed by atoms with Gasteiger partial charge in [-0.2, -0.15) is 0 Å². The van der Waals surface area contributed by atoms with Crippen molar-refractivity contribution in [1.82, 2.24) is 9.97 Å². The fourth-order valence-electron chi connectivity index (χ4n) is 1.31. The van der Waals surface area contributed by atoms with Crippen molar-refractivity contribution < 1.29 is 9.53 Å². The molecule has 1 aromatic rings. The van der Waals surface area contributed by atoms with Gasteiger partial charge in [-0.1, -0.05) is 32.5 Å². The van der Waals surface area contributed by atoms with Gasteiger partial charge in [-0.3, -0.25) is 4.79 Å². The number of aromatic nitrogens is 2. The third kappa shape index (κ3) is 5.46. The number of nitrogens with one attached hydrogen (secondary N) is 1. The van der Waals surface area contributed by atoms with E-state index >= 15 is 0 Å². The van der Waals surface area contributed by atoms with Crippen molar-refractivity contribution >= 4 is 23.5 Å². The second kappa shape index (κ2) is 7.99. The lowest BCUT2D eigenvalue weighted by atomic mass is 10.2. The van der Waals surface area contributed by atoms with Crippen LogP contribution in [-0.2, 0) is 9.53 Å². The Morgan fingerprint density at radius 2 is 2.21 bits per heavy atom. The predicted octanol–water partition coefficient (Wildman–Crippen LogP) is 2.69. The van der Waals surface area contributed by atoms with E-state index in [-0.39, 0.29) is 17.6 Å². The third-order valence-electron chi connectivity index (χ3n) is 2.36. The highest BCUT2D eigenvalue weighted by molar-refractivity contribution is 7.99. The fraction of sp³-hybridized carbons (Fsp3) is 0.615. The minimum absolute atomic E-state index is 0.251. The summed E-state index contributed by atoms with van der Waals surface area (Å²) in [4.78, 5) is 20.1. The molecule has 0 bridgehead atoms. The molecule has 0 atom stereocenters. The summed E-state index contributed by atoms with van der Waals surface area (Å²) in [5, 5.41) is 4.05. The van der Waals surface area contributed by atoms with Crippen LogP contribution in [0.4, 0.5) is 5.82 Å². The fourth-order valence-corrected chi connectivity index (χ4v) is 2.05. The molecule has 0 spiro atoms. The molecule has 0 aromatic carbocycles. The molecule has 1 rings (SSSR count). The van der Waals surface area contributed by atoms with Gasteiger partial charge in [0.25, 0.3) is 0 Å². The maximum atomic E-state index is 11.2. The number of ether oxygens (including phenoxy) is 1. The monoisotopic (exact) mass is 283 g/mol. The first-order valence-corrected chi connectivity index (χ1v) is 7.37. The van der Waals surface area contributed by atoms with E-state index in [1.807, 2.05) is 19.9 Å². The van der Waals surface area contributed by atoms with Crippen LogP contribution in [-0.4, -0.2) is 35.3 Å². The molecule has 0 saturated carbocycles. The number of anilines is 1. The average Bonchev–Trinajstić information content (AvgIpc) is 2.42. The van der Waals surface area contributed by atoms with E-state index in [0.29, 0.717) is 0 Å². The van der Waals surface area contributed by atoms with Crippen LogP contribution in [0.2, 0.25) is 0 Å². The number of methoxy groups -OCH3 is 1. The van der Waals surface area contributed by atoms with E-state index in [0.717, 1.165) is 29.6 Å². The molecule has 19 heavy (non-hydrogen) atoms. The van der Waals surface area contributed by atoms with Crippen LogP contribution in [0.5, 0.6) is 0 Å². The Morgan fingerprint density at radius 3 is 2.79 bits per heavy atom. The first-order valence-electron chi connectivity index (χ1n) is 6.39. The van der Waals surface area contributed by atoms with Crippen molar-refractivity contribution in [3.8, 4) is 0 Å². The van der Waals surface area contributed by atoms with Crippen LogP contribution in [0.15, 0.2) is 11.1 Å². The minimum atomic E-state index is -0.252. The van der Waals surface area contributed by atoms with Crippen molar-refractivity contribution in [2.45, 2.75) is 38.1 Å². The molecule has 0 radical (unpaired) electrons. The number of carbonyl (C=O) groups is 1. The molecule has 0 unspecified atom stereocenters. The summed E-state index contributed by atoms with van der Waals surface area (Å²) in [5.74, 6) is 1.86. The predicted molar refractivity (Wildman–Crippen MR) is 77.6 cm³/mol. The lowest BCUT2D eigenvalue weighted by molar-refractivity contribution is -0.137. The highest BCUT2D eigenvalue weighted by atomic mass is 32.2. The Balaban J connectivity index is 2.83. The number of esters is 1. The summed E-state index contributed by atoms with van der Waals surface area (Å²) >= 11 is 1.37. The number of hydrogen-bond donors (Lipinski definition) is 1. The second-order valence-corrected chi connectivity index (χ2v) is 5.39. The molecule has 106 valence electrons. The number of hydrogen-bond acceptors (Lipinski definition) is 6. The molecule has 5 nitrogen and oxygen atoms in total. The smallest absolute Gasteiger partial charge is 0.316 e. The molecular formula is C13H21N3O2S. The van der Waals surface area contributed by atoms with Gasteiger partial charge in [-0.25, -0.2) is 9.97 Å². The number of thioether (sulfide) groups is 1. The van der Waals surface area contributed by atoms with Crippen LogP contribution < -0.4 is 5.32 Å². The summed E-state index contributed by atoms with van der Waals surface area (Å²) < 4.78 is 4.63. The van der Waals surface area contributed by atoms with E-state index in [1.165, 1.54) is 18.9 Å². The van der Waals surface area contributed by atoms with Crippen molar-refractivity contribution in [2.24, 2.45) is 0 Å². The molecule has 6 heteroatoms. The van der Waals surface area contributed by atoms with Gasteiger partial charge in [-0.05, 0) is 6.42 Å². The van der Waals surface area contributed by atoms with Crippen LogP contribution in [0.3, 0.4) is 0 Å². The van der Waals surface area contributed by atoms with Crippen molar-refractivity contribution in [1.29, 1.82) is 0 Å². The van der Waals surface area contributed by atoms with Gasteiger partial charge in [0, 0.05) is 18.5 Å². The van der Waals surface area contributed by atoms with Gasteiger partial charge < -0.3 is 10.1 Å². The zero-order valence-corrected chi connectivity index (χ0v) is 12.7. The van der Waals surface area contributed by atoms with Gasteiger partial charge in [0.2, 0.25) is 0 Å². The molecular weight excluding hydrogens is 262 g/mol. The summed E-state index contributed by atoms with van der Waals surface area (Å²) in [6.07, 6.45) is 1.03. The molecule has 1 N–H and O–H groups in total. The van der Waals surface area contributed by atoms with Crippen LogP contribution >= 0.6 is 11.8 Å². The van der Waals surface area contributed by atoms with E-state index in [9.17, 15) is 4.79 Å². The Morgan fingerprint density at radius 1 is 1.47 bits per heavy atom. The van der Waals surface area contributed by atoms with Crippen LogP contribution in [0.1, 0.15) is 38.9 Å². The first-order chi connectivity index (χ1) is 9.06. The first kappa shape index (κ1) is 15.8. The summed E-state index contributed by atoms with van der Waals surface area (Å²) in [6, 6.07) is 1.87. The zero-order chi connectivity index (χ0) is 14.3. The van der Waals surface area contributed by atoms with E-state index in [2.05, 4.69) is 26.9 Å². The molecule has 0 aliphatic carbocycles. The third-order valence-corrected chi connectivity index (χ3v) is 3.24. The summed E-state index contributed by atoms with van der Waals surface area (Å²) in [7, 11) is 1.39. The standard InChI is InChI=1S/C13H21N3O2S/c1-5-6-14-10-7-11(19-8-12(17)18-4)16-13(15-10)9(2)3/h7,9H,5-6,8H2,1-4H3,(H,14,15,16). The van der Waals surface area contributed by atoms with Gasteiger partial charge in [-0.15, -0.1) is 0 Å². The molecule has 0 aliphatic heterocycles.